The Morgan fingerprint density at radius 1 is 0.345 bits per heavy atom. The van der Waals surface area contributed by atoms with Crippen LogP contribution in [0.4, 0.5) is 26.3 Å². The standard InChI is InChI=1S/C48H28F6O/c49-47(50,51)35-21-15-29(16-22-35)33-19-25-41-43(27-33)45(39-13-5-9-31-7-1-3-11-37(31)39)42-26-20-34(30-17-23-36(24-18-30)55-48(52,53)54)28-44(42)46(41)40-14-6-10-32-8-2-4-12-38(32)40/h1-28H. The van der Waals surface area contributed by atoms with Crippen molar-refractivity contribution < 1.29 is 31.1 Å². The van der Waals surface area contributed by atoms with E-state index in [9.17, 15) is 26.3 Å². The molecule has 9 aromatic rings. The number of rotatable bonds is 5. The lowest BCUT2D eigenvalue weighted by molar-refractivity contribution is -0.274. The smallest absolute Gasteiger partial charge is 0.406 e. The summed E-state index contributed by atoms with van der Waals surface area (Å²) in [5, 5.41) is 7.91. The molecule has 7 heteroatoms. The average Bonchev–Trinajstić information content (AvgIpc) is 3.19. The number of benzene rings is 9. The molecule has 0 bridgehead atoms. The van der Waals surface area contributed by atoms with Gasteiger partial charge >= 0.3 is 12.5 Å². The van der Waals surface area contributed by atoms with E-state index in [1.54, 1.807) is 12.1 Å². The van der Waals surface area contributed by atoms with Crippen LogP contribution in [-0.2, 0) is 6.18 Å². The van der Waals surface area contributed by atoms with Gasteiger partial charge in [-0.1, -0.05) is 133 Å². The molecular formula is C48H28F6O. The molecule has 9 aromatic carbocycles. The molecule has 0 heterocycles. The van der Waals surface area contributed by atoms with Gasteiger partial charge in [-0.25, -0.2) is 0 Å². The van der Waals surface area contributed by atoms with Gasteiger partial charge in [-0.15, -0.1) is 13.2 Å². The molecule has 0 aliphatic carbocycles. The molecule has 0 unspecified atom stereocenters. The molecule has 0 fully saturated rings. The van der Waals surface area contributed by atoms with E-state index in [2.05, 4.69) is 71.5 Å². The summed E-state index contributed by atoms with van der Waals surface area (Å²) >= 11 is 0. The lowest BCUT2D eigenvalue weighted by atomic mass is 9.82. The van der Waals surface area contributed by atoms with E-state index in [0.717, 1.165) is 88.6 Å². The first-order valence-electron chi connectivity index (χ1n) is 17.6. The van der Waals surface area contributed by atoms with Gasteiger partial charge in [0.15, 0.2) is 0 Å². The number of fused-ring (bicyclic) bond motifs is 4. The summed E-state index contributed by atoms with van der Waals surface area (Å²) < 4.78 is 83.7. The van der Waals surface area contributed by atoms with Crippen LogP contribution in [0.2, 0.25) is 0 Å². The first-order valence-corrected chi connectivity index (χ1v) is 17.6. The Bertz CT molecular complexity index is 2900. The third-order valence-electron chi connectivity index (χ3n) is 10.2. The summed E-state index contributed by atoms with van der Waals surface area (Å²) in [5.41, 5.74) is 6.12. The van der Waals surface area contributed by atoms with Crippen molar-refractivity contribution in [3.63, 3.8) is 0 Å². The third-order valence-corrected chi connectivity index (χ3v) is 10.2. The molecule has 0 radical (unpaired) electrons. The van der Waals surface area contributed by atoms with Crippen molar-refractivity contribution in [2.45, 2.75) is 12.5 Å². The number of ether oxygens (including phenoxy) is 1. The lowest BCUT2D eigenvalue weighted by Gasteiger charge is -2.21. The fraction of sp³-hybridized carbons (Fsp3) is 0.0417. The van der Waals surface area contributed by atoms with E-state index >= 15 is 0 Å². The molecule has 0 aliphatic heterocycles. The van der Waals surface area contributed by atoms with Gasteiger partial charge in [-0.3, -0.25) is 0 Å². The van der Waals surface area contributed by atoms with Crippen LogP contribution in [0.5, 0.6) is 5.75 Å². The molecule has 9 rings (SSSR count). The zero-order chi connectivity index (χ0) is 37.9. The van der Waals surface area contributed by atoms with Crippen molar-refractivity contribution in [3.05, 3.63) is 175 Å². The van der Waals surface area contributed by atoms with Crippen LogP contribution in [0.15, 0.2) is 170 Å². The van der Waals surface area contributed by atoms with Crippen molar-refractivity contribution in [2.24, 2.45) is 0 Å². The normalized spacial score (nSPS) is 12.2. The molecule has 0 N–H and O–H groups in total. The van der Waals surface area contributed by atoms with Crippen molar-refractivity contribution in [1.82, 2.24) is 0 Å². The van der Waals surface area contributed by atoms with Crippen LogP contribution in [-0.4, -0.2) is 6.36 Å². The summed E-state index contributed by atoms with van der Waals surface area (Å²) in [5.74, 6) is -0.304. The quantitative estimate of drug-likeness (QED) is 0.126. The van der Waals surface area contributed by atoms with Crippen LogP contribution in [0, 0.1) is 0 Å². The van der Waals surface area contributed by atoms with E-state index in [-0.39, 0.29) is 5.75 Å². The predicted molar refractivity (Wildman–Crippen MR) is 210 cm³/mol. The Hall–Kier alpha value is -6.60. The number of hydrogen-bond acceptors (Lipinski definition) is 1. The van der Waals surface area contributed by atoms with Gasteiger partial charge < -0.3 is 4.74 Å². The maximum Gasteiger partial charge on any atom is 0.573 e. The molecule has 0 saturated carbocycles. The van der Waals surface area contributed by atoms with Crippen molar-refractivity contribution >= 4 is 43.1 Å². The average molecular weight is 735 g/mol. The Balaban J connectivity index is 1.38. The highest BCUT2D eigenvalue weighted by atomic mass is 19.4. The second-order valence-corrected chi connectivity index (χ2v) is 13.5. The van der Waals surface area contributed by atoms with Crippen molar-refractivity contribution in [3.8, 4) is 50.3 Å². The van der Waals surface area contributed by atoms with Crippen LogP contribution >= 0.6 is 0 Å². The molecule has 1 nitrogen and oxygen atoms in total. The van der Waals surface area contributed by atoms with Gasteiger partial charge in [0.2, 0.25) is 0 Å². The van der Waals surface area contributed by atoms with Crippen LogP contribution < -0.4 is 4.74 Å². The van der Waals surface area contributed by atoms with E-state index in [1.165, 1.54) is 24.3 Å². The lowest BCUT2D eigenvalue weighted by Crippen LogP contribution is -2.16. The summed E-state index contributed by atoms with van der Waals surface area (Å²) in [7, 11) is 0. The maximum absolute atomic E-state index is 13.5. The summed E-state index contributed by atoms with van der Waals surface area (Å²) in [4.78, 5) is 0. The second-order valence-electron chi connectivity index (χ2n) is 13.5. The molecule has 268 valence electrons. The summed E-state index contributed by atoms with van der Waals surface area (Å²) in [6.07, 6.45) is -9.25. The van der Waals surface area contributed by atoms with Gasteiger partial charge in [0, 0.05) is 0 Å². The van der Waals surface area contributed by atoms with Gasteiger partial charge in [-0.05, 0) is 124 Å². The Morgan fingerprint density at radius 2 is 0.764 bits per heavy atom. The third kappa shape index (κ3) is 6.31. The SMILES string of the molecule is FC(F)(F)Oc1ccc(-c2ccc3c(-c4cccc5ccccc45)c4cc(-c5ccc(C(F)(F)F)cc5)ccc4c(-c4cccc5ccccc45)c3c2)cc1. The predicted octanol–water partition coefficient (Wildman–Crippen LogP) is 14.9. The van der Waals surface area contributed by atoms with E-state index in [1.807, 2.05) is 54.6 Å². The molecular weight excluding hydrogens is 707 g/mol. The highest BCUT2D eigenvalue weighted by Gasteiger charge is 2.31. The van der Waals surface area contributed by atoms with Crippen LogP contribution in [0.25, 0.3) is 87.6 Å². The monoisotopic (exact) mass is 734 g/mol. The minimum absolute atomic E-state index is 0.304. The molecule has 0 amide bonds. The van der Waals surface area contributed by atoms with E-state index < -0.39 is 18.1 Å². The zero-order valence-electron chi connectivity index (χ0n) is 28.8. The number of hydrogen-bond donors (Lipinski definition) is 0. The zero-order valence-corrected chi connectivity index (χ0v) is 28.8. The number of halogens is 6. The first kappa shape index (κ1) is 34.2. The minimum Gasteiger partial charge on any atom is -0.406 e. The van der Waals surface area contributed by atoms with Gasteiger partial charge in [-0.2, -0.15) is 13.2 Å². The fourth-order valence-electron chi connectivity index (χ4n) is 7.76. The largest absolute Gasteiger partial charge is 0.573 e. The molecule has 0 aromatic heterocycles. The maximum atomic E-state index is 13.5. The van der Waals surface area contributed by atoms with Gasteiger partial charge in [0.25, 0.3) is 0 Å². The molecule has 0 aliphatic rings. The molecule has 0 atom stereocenters. The topological polar surface area (TPSA) is 9.23 Å². The van der Waals surface area contributed by atoms with Gasteiger partial charge in [0.05, 0.1) is 5.56 Å². The molecule has 0 saturated heterocycles. The fourth-order valence-corrected chi connectivity index (χ4v) is 7.76. The Kier molecular flexibility index (Phi) is 8.12. The van der Waals surface area contributed by atoms with E-state index in [4.69, 9.17) is 0 Å². The summed E-state index contributed by atoms with van der Waals surface area (Å²) in [6.45, 7) is 0. The summed E-state index contributed by atoms with van der Waals surface area (Å²) in [6, 6.07) is 51.9. The van der Waals surface area contributed by atoms with Crippen LogP contribution in [0.1, 0.15) is 5.56 Å². The highest BCUT2D eigenvalue weighted by Crippen LogP contribution is 2.48. The van der Waals surface area contributed by atoms with Crippen LogP contribution in [0.3, 0.4) is 0 Å². The van der Waals surface area contributed by atoms with E-state index in [0.29, 0.717) is 11.1 Å². The number of alkyl halides is 6. The van der Waals surface area contributed by atoms with Gasteiger partial charge in [0.1, 0.15) is 5.75 Å². The Labute approximate surface area is 311 Å². The second kappa shape index (κ2) is 13.1. The Morgan fingerprint density at radius 3 is 1.22 bits per heavy atom. The molecule has 0 spiro atoms. The minimum atomic E-state index is -4.80. The first-order chi connectivity index (χ1) is 26.5. The highest BCUT2D eigenvalue weighted by molar-refractivity contribution is 6.26. The van der Waals surface area contributed by atoms with Crippen molar-refractivity contribution in [1.29, 1.82) is 0 Å². The van der Waals surface area contributed by atoms with Crippen molar-refractivity contribution in [2.75, 3.05) is 0 Å². The molecule has 55 heavy (non-hydrogen) atoms.